The normalized spacial score (nSPS) is 20.2. The first-order valence-electron chi connectivity index (χ1n) is 7.41. The van der Waals surface area contributed by atoms with E-state index in [1.807, 2.05) is 0 Å². The lowest BCUT2D eigenvalue weighted by Gasteiger charge is -2.32. The summed E-state index contributed by atoms with van der Waals surface area (Å²) in [7, 11) is 0. The lowest BCUT2D eigenvalue weighted by Crippen LogP contribution is -2.36. The molecule has 0 saturated carbocycles. The monoisotopic (exact) mass is 285 g/mol. The fraction of sp³-hybridized carbons (Fsp3) is 0.625. The van der Waals surface area contributed by atoms with Gasteiger partial charge in [-0.1, -0.05) is 6.07 Å². The number of rotatable bonds is 6. The van der Waals surface area contributed by atoms with Gasteiger partial charge in [0.25, 0.3) is 0 Å². The Labute approximate surface area is 118 Å². The molecule has 20 heavy (non-hydrogen) atoms. The third kappa shape index (κ3) is 4.51. The molecule has 1 nitrogen and oxygen atoms in total. The molecule has 112 valence electrons. The number of hydrogen-bond acceptors (Lipinski definition) is 1. The maximum atomic E-state index is 13.1. The summed E-state index contributed by atoms with van der Waals surface area (Å²) in [6, 6.07) is 4.14. The minimum atomic E-state index is -0.788. The van der Waals surface area contributed by atoms with E-state index in [0.717, 1.165) is 44.5 Å². The summed E-state index contributed by atoms with van der Waals surface area (Å²) >= 11 is 0. The molecule has 4 heteroatoms. The van der Waals surface area contributed by atoms with Gasteiger partial charge in [-0.15, -0.1) is 0 Å². The zero-order valence-electron chi connectivity index (χ0n) is 11.8. The van der Waals surface area contributed by atoms with Crippen LogP contribution in [0.4, 0.5) is 13.2 Å². The van der Waals surface area contributed by atoms with E-state index in [1.165, 1.54) is 18.6 Å². The van der Waals surface area contributed by atoms with Crippen molar-refractivity contribution in [3.05, 3.63) is 35.4 Å². The molecule has 0 amide bonds. The Balaban J connectivity index is 1.79. The van der Waals surface area contributed by atoms with Gasteiger partial charge in [0, 0.05) is 13.1 Å². The van der Waals surface area contributed by atoms with Crippen LogP contribution in [0, 0.1) is 17.6 Å². The van der Waals surface area contributed by atoms with Crippen molar-refractivity contribution in [3.63, 3.8) is 0 Å². The van der Waals surface area contributed by atoms with Crippen molar-refractivity contribution in [2.24, 2.45) is 5.92 Å². The predicted molar refractivity (Wildman–Crippen MR) is 74.4 cm³/mol. The van der Waals surface area contributed by atoms with Crippen LogP contribution in [0.5, 0.6) is 0 Å². The van der Waals surface area contributed by atoms with Crippen LogP contribution in [0.3, 0.4) is 0 Å². The third-order valence-corrected chi connectivity index (χ3v) is 4.04. The summed E-state index contributed by atoms with van der Waals surface area (Å²) in [6.07, 6.45) is 4.69. The summed E-state index contributed by atoms with van der Waals surface area (Å²) < 4.78 is 38.2. The number of nitrogens with zero attached hydrogens (tertiary/aromatic N) is 1. The fourth-order valence-corrected chi connectivity index (χ4v) is 2.94. The van der Waals surface area contributed by atoms with E-state index in [-0.39, 0.29) is 6.67 Å². The molecule has 1 saturated heterocycles. The third-order valence-electron chi connectivity index (χ3n) is 4.04. The summed E-state index contributed by atoms with van der Waals surface area (Å²) in [5.74, 6) is -0.976. The van der Waals surface area contributed by atoms with Gasteiger partial charge in [0.05, 0.1) is 6.67 Å². The van der Waals surface area contributed by atoms with Crippen molar-refractivity contribution < 1.29 is 13.2 Å². The van der Waals surface area contributed by atoms with Gasteiger partial charge in [-0.2, -0.15) is 0 Å². The highest BCUT2D eigenvalue weighted by Gasteiger charge is 2.19. The summed E-state index contributed by atoms with van der Waals surface area (Å²) in [6.45, 7) is 2.64. The number of likely N-dealkylation sites (tertiary alicyclic amines) is 1. The molecule has 0 N–H and O–H groups in total. The first-order chi connectivity index (χ1) is 9.69. The average molecular weight is 285 g/mol. The molecule has 1 aromatic rings. The minimum absolute atomic E-state index is 0.254. The minimum Gasteiger partial charge on any atom is -0.303 e. The highest BCUT2D eigenvalue weighted by Crippen LogP contribution is 2.22. The number of piperidine rings is 1. The van der Waals surface area contributed by atoms with E-state index in [1.54, 1.807) is 6.07 Å². The largest absolute Gasteiger partial charge is 0.303 e. The Hall–Kier alpha value is -1.03. The fourth-order valence-electron chi connectivity index (χ4n) is 2.94. The average Bonchev–Trinajstić information content (AvgIpc) is 2.47. The first-order valence-corrected chi connectivity index (χ1v) is 7.41. The van der Waals surface area contributed by atoms with Gasteiger partial charge in [-0.25, -0.2) is 8.78 Å². The second-order valence-electron chi connectivity index (χ2n) is 5.64. The molecule has 1 atom stereocenters. The smallest absolute Gasteiger partial charge is 0.159 e. The molecule has 0 radical (unpaired) electrons. The van der Waals surface area contributed by atoms with Gasteiger partial charge >= 0.3 is 0 Å². The van der Waals surface area contributed by atoms with Crippen LogP contribution in [-0.4, -0.2) is 31.2 Å². The number of halogens is 3. The van der Waals surface area contributed by atoms with Crippen molar-refractivity contribution in [2.45, 2.75) is 32.1 Å². The molecule has 1 fully saturated rings. The highest BCUT2D eigenvalue weighted by molar-refractivity contribution is 5.17. The second kappa shape index (κ2) is 7.67. The Morgan fingerprint density at radius 3 is 2.80 bits per heavy atom. The Bertz CT molecular complexity index is 422. The Morgan fingerprint density at radius 2 is 2.05 bits per heavy atom. The van der Waals surface area contributed by atoms with Crippen LogP contribution in [0.1, 0.15) is 31.2 Å². The van der Waals surface area contributed by atoms with Gasteiger partial charge in [0.2, 0.25) is 0 Å². The number of hydrogen-bond donors (Lipinski definition) is 0. The van der Waals surface area contributed by atoms with Crippen LogP contribution < -0.4 is 0 Å². The van der Waals surface area contributed by atoms with E-state index >= 15 is 0 Å². The zero-order valence-corrected chi connectivity index (χ0v) is 11.8. The number of alkyl halides is 1. The first kappa shape index (κ1) is 15.4. The van der Waals surface area contributed by atoms with E-state index < -0.39 is 11.6 Å². The van der Waals surface area contributed by atoms with E-state index in [0.29, 0.717) is 12.3 Å². The lowest BCUT2D eigenvalue weighted by molar-refractivity contribution is 0.163. The Morgan fingerprint density at radius 1 is 1.20 bits per heavy atom. The number of benzene rings is 1. The molecule has 1 aliphatic heterocycles. The van der Waals surface area contributed by atoms with Crippen molar-refractivity contribution >= 4 is 0 Å². The van der Waals surface area contributed by atoms with Crippen molar-refractivity contribution in [1.29, 1.82) is 0 Å². The van der Waals surface area contributed by atoms with Gasteiger partial charge in [0.15, 0.2) is 11.6 Å². The topological polar surface area (TPSA) is 3.24 Å². The molecule has 1 aromatic carbocycles. The van der Waals surface area contributed by atoms with Crippen LogP contribution in [0.15, 0.2) is 18.2 Å². The van der Waals surface area contributed by atoms with Gasteiger partial charge in [0.1, 0.15) is 0 Å². The summed E-state index contributed by atoms with van der Waals surface area (Å²) in [5.41, 5.74) is 0.852. The SMILES string of the molecule is FCCCN1CCC[C@H](CCc2ccc(F)c(F)c2)C1. The molecular formula is C16H22F3N. The van der Waals surface area contributed by atoms with Crippen LogP contribution >= 0.6 is 0 Å². The molecule has 1 heterocycles. The van der Waals surface area contributed by atoms with Crippen molar-refractivity contribution in [2.75, 3.05) is 26.3 Å². The maximum Gasteiger partial charge on any atom is 0.159 e. The Kier molecular flexibility index (Phi) is 5.89. The van der Waals surface area contributed by atoms with E-state index in [9.17, 15) is 13.2 Å². The van der Waals surface area contributed by atoms with Crippen LogP contribution in [0.25, 0.3) is 0 Å². The maximum absolute atomic E-state index is 13.1. The van der Waals surface area contributed by atoms with E-state index in [4.69, 9.17) is 0 Å². The molecule has 0 aromatic heterocycles. The quantitative estimate of drug-likeness (QED) is 0.764. The van der Waals surface area contributed by atoms with Crippen molar-refractivity contribution in [1.82, 2.24) is 4.90 Å². The van der Waals surface area contributed by atoms with Gasteiger partial charge < -0.3 is 4.90 Å². The zero-order chi connectivity index (χ0) is 14.4. The summed E-state index contributed by atoms with van der Waals surface area (Å²) in [5, 5.41) is 0. The van der Waals surface area contributed by atoms with Crippen LogP contribution in [-0.2, 0) is 6.42 Å². The van der Waals surface area contributed by atoms with Gasteiger partial charge in [-0.3, -0.25) is 4.39 Å². The second-order valence-corrected chi connectivity index (χ2v) is 5.64. The molecule has 0 spiro atoms. The highest BCUT2D eigenvalue weighted by atomic mass is 19.2. The predicted octanol–water partition coefficient (Wildman–Crippen LogP) is 3.97. The number of aryl methyl sites for hydroxylation is 1. The molecule has 2 rings (SSSR count). The molecule has 0 aliphatic carbocycles. The van der Waals surface area contributed by atoms with Crippen LogP contribution in [0.2, 0.25) is 0 Å². The van der Waals surface area contributed by atoms with Gasteiger partial charge in [-0.05, 0) is 62.3 Å². The molecular weight excluding hydrogens is 263 g/mol. The lowest BCUT2D eigenvalue weighted by atomic mass is 9.91. The molecule has 0 bridgehead atoms. The van der Waals surface area contributed by atoms with E-state index in [2.05, 4.69) is 4.90 Å². The summed E-state index contributed by atoms with van der Waals surface area (Å²) in [4.78, 5) is 2.32. The molecule has 1 aliphatic rings. The molecule has 0 unspecified atom stereocenters. The van der Waals surface area contributed by atoms with Crippen molar-refractivity contribution in [3.8, 4) is 0 Å². The standard InChI is InChI=1S/C16H22F3N/c17-8-2-10-20-9-1-3-14(12-20)5-4-13-6-7-15(18)16(19)11-13/h6-7,11,14H,1-5,8-10,12H2/t14-/m1/s1.